The van der Waals surface area contributed by atoms with Gasteiger partial charge in [-0.05, 0) is 63.4 Å². The summed E-state index contributed by atoms with van der Waals surface area (Å²) >= 11 is 0. The highest BCUT2D eigenvalue weighted by Gasteiger charge is 2.41. The molecule has 0 aliphatic carbocycles. The Morgan fingerprint density at radius 3 is 2.47 bits per heavy atom. The van der Waals surface area contributed by atoms with Gasteiger partial charge in [0.25, 0.3) is 0 Å². The van der Waals surface area contributed by atoms with E-state index in [0.29, 0.717) is 17.6 Å². The molecule has 2 saturated heterocycles. The van der Waals surface area contributed by atoms with Gasteiger partial charge in [-0.2, -0.15) is 0 Å². The molecule has 0 spiro atoms. The van der Waals surface area contributed by atoms with E-state index < -0.39 is 0 Å². The maximum absolute atomic E-state index is 13.1. The quantitative estimate of drug-likeness (QED) is 0.762. The van der Waals surface area contributed by atoms with Crippen molar-refractivity contribution in [2.75, 3.05) is 7.05 Å². The van der Waals surface area contributed by atoms with Gasteiger partial charge in [0.2, 0.25) is 0 Å². The number of aryl methyl sites for hydroxylation is 1. The van der Waals surface area contributed by atoms with Crippen molar-refractivity contribution in [1.29, 1.82) is 0 Å². The molecule has 2 atom stereocenters. The van der Waals surface area contributed by atoms with Crippen LogP contribution in [0.5, 0.6) is 0 Å². The predicted octanol–water partition coefficient (Wildman–Crippen LogP) is 3.19. The lowest BCUT2D eigenvalue weighted by molar-refractivity contribution is 0.0766. The number of halogens is 1. The first-order valence-corrected chi connectivity index (χ1v) is 7.08. The molecule has 2 aliphatic heterocycles. The summed E-state index contributed by atoms with van der Waals surface area (Å²) in [5.41, 5.74) is 1.46. The SMILES string of the molecule is Cc1cc(F)ccc1C(=O)C1CC2CCC(C1)N2C. The highest BCUT2D eigenvalue weighted by Crippen LogP contribution is 2.38. The molecule has 2 heterocycles. The highest BCUT2D eigenvalue weighted by atomic mass is 19.1. The second-order valence-electron chi connectivity index (χ2n) is 6.04. The molecule has 0 amide bonds. The molecule has 0 N–H and O–H groups in total. The minimum atomic E-state index is -0.266. The number of fused-ring (bicyclic) bond motifs is 2. The van der Waals surface area contributed by atoms with Gasteiger partial charge < -0.3 is 4.90 Å². The summed E-state index contributed by atoms with van der Waals surface area (Å²) in [6.07, 6.45) is 4.35. The van der Waals surface area contributed by atoms with Crippen molar-refractivity contribution in [2.45, 2.75) is 44.7 Å². The molecule has 2 unspecified atom stereocenters. The first-order chi connectivity index (χ1) is 9.06. The maximum atomic E-state index is 13.1. The van der Waals surface area contributed by atoms with Crippen molar-refractivity contribution in [3.63, 3.8) is 0 Å². The number of carbonyl (C=O) groups is 1. The van der Waals surface area contributed by atoms with E-state index in [2.05, 4.69) is 11.9 Å². The molecule has 0 aromatic heterocycles. The van der Waals surface area contributed by atoms with Gasteiger partial charge >= 0.3 is 0 Å². The summed E-state index contributed by atoms with van der Waals surface area (Å²) in [5.74, 6) is 0.0675. The number of rotatable bonds is 2. The molecule has 3 heteroatoms. The molecule has 19 heavy (non-hydrogen) atoms. The number of hydrogen-bond acceptors (Lipinski definition) is 2. The molecule has 0 radical (unpaired) electrons. The lowest BCUT2D eigenvalue weighted by Gasteiger charge is -2.35. The standard InChI is InChI=1S/C16H20FNO/c1-10-7-12(17)3-6-15(10)16(19)11-8-13-4-5-14(9-11)18(13)2/h3,6-7,11,13-14H,4-5,8-9H2,1-2H3. The fourth-order valence-corrected chi connectivity index (χ4v) is 3.75. The fourth-order valence-electron chi connectivity index (χ4n) is 3.75. The van der Waals surface area contributed by atoms with Crippen molar-refractivity contribution in [1.82, 2.24) is 4.90 Å². The zero-order chi connectivity index (χ0) is 13.6. The summed E-state index contributed by atoms with van der Waals surface area (Å²) in [6, 6.07) is 5.62. The molecule has 3 rings (SSSR count). The van der Waals surface area contributed by atoms with E-state index in [0.717, 1.165) is 18.4 Å². The van der Waals surface area contributed by atoms with Crippen LogP contribution in [0.2, 0.25) is 0 Å². The van der Waals surface area contributed by atoms with E-state index in [1.807, 2.05) is 6.92 Å². The monoisotopic (exact) mass is 261 g/mol. The highest BCUT2D eigenvalue weighted by molar-refractivity contribution is 5.99. The normalized spacial score (nSPS) is 30.6. The molecular weight excluding hydrogens is 241 g/mol. The van der Waals surface area contributed by atoms with Gasteiger partial charge in [0, 0.05) is 23.6 Å². The fraction of sp³-hybridized carbons (Fsp3) is 0.562. The third kappa shape index (κ3) is 2.20. The number of Topliss-reactive ketones (excluding diaryl/α,β-unsaturated/α-hetero) is 1. The third-order valence-electron chi connectivity index (χ3n) is 4.92. The molecule has 2 nitrogen and oxygen atoms in total. The van der Waals surface area contributed by atoms with Crippen molar-refractivity contribution >= 4 is 5.78 Å². The van der Waals surface area contributed by atoms with E-state index >= 15 is 0 Å². The molecule has 2 bridgehead atoms. The van der Waals surface area contributed by atoms with Crippen molar-refractivity contribution < 1.29 is 9.18 Å². The van der Waals surface area contributed by atoms with Crippen LogP contribution >= 0.6 is 0 Å². The van der Waals surface area contributed by atoms with Crippen molar-refractivity contribution in [3.05, 3.63) is 35.1 Å². The average molecular weight is 261 g/mol. The Morgan fingerprint density at radius 2 is 1.89 bits per heavy atom. The number of carbonyl (C=O) groups excluding carboxylic acids is 1. The molecular formula is C16H20FNO. The molecule has 1 aromatic carbocycles. The van der Waals surface area contributed by atoms with Gasteiger partial charge in [0.1, 0.15) is 5.82 Å². The van der Waals surface area contributed by atoms with E-state index in [1.165, 1.54) is 25.0 Å². The number of piperidine rings is 1. The minimum Gasteiger partial charge on any atom is -0.300 e. The van der Waals surface area contributed by atoms with Crippen LogP contribution in [0.4, 0.5) is 4.39 Å². The molecule has 0 saturated carbocycles. The first kappa shape index (κ1) is 12.8. The van der Waals surface area contributed by atoms with Crippen LogP contribution < -0.4 is 0 Å². The van der Waals surface area contributed by atoms with E-state index in [1.54, 1.807) is 6.07 Å². The second kappa shape index (κ2) is 4.71. The van der Waals surface area contributed by atoms with Crippen molar-refractivity contribution in [3.8, 4) is 0 Å². The van der Waals surface area contributed by atoms with Crippen LogP contribution in [-0.2, 0) is 0 Å². The lowest BCUT2D eigenvalue weighted by Crippen LogP contribution is -2.42. The Hall–Kier alpha value is -1.22. The lowest BCUT2D eigenvalue weighted by atomic mass is 9.84. The van der Waals surface area contributed by atoms with E-state index in [4.69, 9.17) is 0 Å². The zero-order valence-corrected chi connectivity index (χ0v) is 11.5. The Kier molecular flexibility index (Phi) is 3.17. The molecule has 2 aliphatic rings. The summed E-state index contributed by atoms with van der Waals surface area (Å²) in [6.45, 7) is 1.82. The summed E-state index contributed by atoms with van der Waals surface area (Å²) in [7, 11) is 2.17. The molecule has 1 aromatic rings. The topological polar surface area (TPSA) is 20.3 Å². The van der Waals surface area contributed by atoms with Gasteiger partial charge in [-0.15, -0.1) is 0 Å². The number of hydrogen-bond donors (Lipinski definition) is 0. The van der Waals surface area contributed by atoms with Gasteiger partial charge in [-0.25, -0.2) is 4.39 Å². The summed E-state index contributed by atoms with van der Waals surface area (Å²) in [5, 5.41) is 0. The Labute approximate surface area is 113 Å². The number of benzene rings is 1. The average Bonchev–Trinajstić information content (AvgIpc) is 2.61. The molecule has 2 fully saturated rings. The first-order valence-electron chi connectivity index (χ1n) is 7.08. The van der Waals surface area contributed by atoms with Gasteiger partial charge in [0.05, 0.1) is 0 Å². The minimum absolute atomic E-state index is 0.123. The summed E-state index contributed by atoms with van der Waals surface area (Å²) < 4.78 is 13.1. The van der Waals surface area contributed by atoms with Crippen LogP contribution in [0.3, 0.4) is 0 Å². The van der Waals surface area contributed by atoms with Gasteiger partial charge in [-0.3, -0.25) is 4.79 Å². The molecule has 102 valence electrons. The third-order valence-corrected chi connectivity index (χ3v) is 4.92. The Balaban J connectivity index is 1.81. The summed E-state index contributed by atoms with van der Waals surface area (Å²) in [4.78, 5) is 15.0. The van der Waals surface area contributed by atoms with Crippen LogP contribution in [0, 0.1) is 18.7 Å². The maximum Gasteiger partial charge on any atom is 0.166 e. The van der Waals surface area contributed by atoms with Crippen LogP contribution in [-0.4, -0.2) is 29.8 Å². The number of ketones is 1. The van der Waals surface area contributed by atoms with Crippen LogP contribution in [0.1, 0.15) is 41.6 Å². The number of nitrogens with zero attached hydrogens (tertiary/aromatic N) is 1. The van der Waals surface area contributed by atoms with Crippen LogP contribution in [0.15, 0.2) is 18.2 Å². The van der Waals surface area contributed by atoms with Gasteiger partial charge in [-0.1, -0.05) is 0 Å². The predicted molar refractivity (Wildman–Crippen MR) is 72.8 cm³/mol. The van der Waals surface area contributed by atoms with E-state index in [-0.39, 0.29) is 17.5 Å². The van der Waals surface area contributed by atoms with Gasteiger partial charge in [0.15, 0.2) is 5.78 Å². The zero-order valence-electron chi connectivity index (χ0n) is 11.5. The Bertz CT molecular complexity index is 499. The van der Waals surface area contributed by atoms with Crippen LogP contribution in [0.25, 0.3) is 0 Å². The van der Waals surface area contributed by atoms with E-state index in [9.17, 15) is 9.18 Å². The second-order valence-corrected chi connectivity index (χ2v) is 6.04. The Morgan fingerprint density at radius 1 is 1.26 bits per heavy atom. The largest absolute Gasteiger partial charge is 0.300 e. The van der Waals surface area contributed by atoms with Crippen molar-refractivity contribution in [2.24, 2.45) is 5.92 Å². The smallest absolute Gasteiger partial charge is 0.166 e.